The average Bonchev–Trinajstić information content (AvgIpc) is 3.31. The van der Waals surface area contributed by atoms with E-state index in [2.05, 4.69) is 35.1 Å². The summed E-state index contributed by atoms with van der Waals surface area (Å²) >= 11 is 0. The predicted molar refractivity (Wildman–Crippen MR) is 83.3 cm³/mol. The summed E-state index contributed by atoms with van der Waals surface area (Å²) in [6.45, 7) is 6.95. The van der Waals surface area contributed by atoms with Crippen molar-refractivity contribution in [2.75, 3.05) is 30.4 Å². The molecule has 0 unspecified atom stereocenters. The van der Waals surface area contributed by atoms with Gasteiger partial charge in [-0.15, -0.1) is 0 Å². The number of rotatable bonds is 4. The zero-order valence-corrected chi connectivity index (χ0v) is 12.9. The molecule has 2 heterocycles. The van der Waals surface area contributed by atoms with Gasteiger partial charge in [0.25, 0.3) is 0 Å². The Kier molecular flexibility index (Phi) is 3.81. The van der Waals surface area contributed by atoms with Crippen molar-refractivity contribution in [2.45, 2.75) is 45.4 Å². The number of nitrogens with zero attached hydrogens (tertiary/aromatic N) is 3. The van der Waals surface area contributed by atoms with Crippen LogP contribution in [0.1, 0.15) is 51.3 Å². The molecule has 1 aliphatic heterocycles. The molecule has 1 saturated carbocycles. The molecule has 1 aliphatic carbocycles. The van der Waals surface area contributed by atoms with Crippen LogP contribution in [0.25, 0.3) is 0 Å². The largest absolute Gasteiger partial charge is 0.373 e. The third-order valence-corrected chi connectivity index (χ3v) is 4.73. The van der Waals surface area contributed by atoms with Gasteiger partial charge in [0.2, 0.25) is 0 Å². The maximum absolute atomic E-state index is 4.81. The zero-order valence-electron chi connectivity index (χ0n) is 12.9. The number of piperidine rings is 1. The van der Waals surface area contributed by atoms with Gasteiger partial charge in [-0.3, -0.25) is 0 Å². The summed E-state index contributed by atoms with van der Waals surface area (Å²) in [6, 6.07) is 2.10. The molecule has 4 nitrogen and oxygen atoms in total. The van der Waals surface area contributed by atoms with E-state index in [-0.39, 0.29) is 0 Å². The van der Waals surface area contributed by atoms with Crippen molar-refractivity contribution >= 4 is 11.6 Å². The normalized spacial score (nSPS) is 20.5. The van der Waals surface area contributed by atoms with Crippen LogP contribution in [-0.2, 0) is 0 Å². The summed E-state index contributed by atoms with van der Waals surface area (Å²) in [5.74, 6) is 5.40. The minimum absolute atomic E-state index is 0.607. The number of anilines is 2. The Morgan fingerprint density at radius 3 is 2.40 bits per heavy atom. The fourth-order valence-corrected chi connectivity index (χ4v) is 3.06. The first-order valence-electron chi connectivity index (χ1n) is 7.99. The molecule has 2 fully saturated rings. The monoisotopic (exact) mass is 274 g/mol. The van der Waals surface area contributed by atoms with Crippen LogP contribution in [0.5, 0.6) is 0 Å². The lowest BCUT2D eigenvalue weighted by Crippen LogP contribution is -2.36. The van der Waals surface area contributed by atoms with E-state index >= 15 is 0 Å². The van der Waals surface area contributed by atoms with Crippen LogP contribution in [0, 0.1) is 11.8 Å². The van der Waals surface area contributed by atoms with Crippen molar-refractivity contribution in [3.8, 4) is 0 Å². The highest BCUT2D eigenvalue weighted by Gasteiger charge is 2.29. The number of hydrogen-bond acceptors (Lipinski definition) is 4. The second kappa shape index (κ2) is 5.58. The van der Waals surface area contributed by atoms with Crippen LogP contribution >= 0.6 is 0 Å². The van der Waals surface area contributed by atoms with Crippen LogP contribution in [-0.4, -0.2) is 30.1 Å². The van der Waals surface area contributed by atoms with Crippen LogP contribution < -0.4 is 10.2 Å². The van der Waals surface area contributed by atoms with E-state index in [1.54, 1.807) is 0 Å². The van der Waals surface area contributed by atoms with Crippen molar-refractivity contribution in [1.29, 1.82) is 0 Å². The van der Waals surface area contributed by atoms with E-state index in [9.17, 15) is 0 Å². The van der Waals surface area contributed by atoms with Gasteiger partial charge in [0, 0.05) is 32.1 Å². The van der Waals surface area contributed by atoms with Crippen molar-refractivity contribution in [3.63, 3.8) is 0 Å². The lowest BCUT2D eigenvalue weighted by molar-refractivity contribution is 0.310. The van der Waals surface area contributed by atoms with Gasteiger partial charge in [-0.25, -0.2) is 9.97 Å². The molecule has 4 heteroatoms. The van der Waals surface area contributed by atoms with E-state index in [0.717, 1.165) is 42.4 Å². The molecule has 0 bridgehead atoms. The highest BCUT2D eigenvalue weighted by atomic mass is 15.2. The maximum Gasteiger partial charge on any atom is 0.136 e. The van der Waals surface area contributed by atoms with Gasteiger partial charge in [0.05, 0.1) is 0 Å². The van der Waals surface area contributed by atoms with Crippen molar-refractivity contribution in [1.82, 2.24) is 9.97 Å². The van der Waals surface area contributed by atoms with Gasteiger partial charge >= 0.3 is 0 Å². The van der Waals surface area contributed by atoms with Gasteiger partial charge in [0.15, 0.2) is 0 Å². The second-order valence-corrected chi connectivity index (χ2v) is 6.56. The molecule has 0 aromatic carbocycles. The van der Waals surface area contributed by atoms with E-state index < -0.39 is 0 Å². The summed E-state index contributed by atoms with van der Waals surface area (Å²) in [5, 5.41) is 3.18. The molecule has 0 amide bonds. The number of aromatic nitrogens is 2. The van der Waals surface area contributed by atoms with Gasteiger partial charge in [-0.05, 0) is 37.5 Å². The molecule has 3 rings (SSSR count). The van der Waals surface area contributed by atoms with Crippen LogP contribution in [0.3, 0.4) is 0 Å². The van der Waals surface area contributed by atoms with Crippen molar-refractivity contribution in [3.05, 3.63) is 11.9 Å². The Morgan fingerprint density at radius 1 is 1.15 bits per heavy atom. The first kappa shape index (κ1) is 13.7. The molecule has 0 spiro atoms. The minimum Gasteiger partial charge on any atom is -0.373 e. The van der Waals surface area contributed by atoms with E-state index in [4.69, 9.17) is 4.98 Å². The summed E-state index contributed by atoms with van der Waals surface area (Å²) < 4.78 is 0. The smallest absolute Gasteiger partial charge is 0.136 e. The Balaban J connectivity index is 1.75. The molecule has 0 radical (unpaired) electrons. The molecule has 110 valence electrons. The van der Waals surface area contributed by atoms with Crippen LogP contribution in [0.15, 0.2) is 6.07 Å². The lowest BCUT2D eigenvalue weighted by Gasteiger charge is -2.34. The van der Waals surface area contributed by atoms with Gasteiger partial charge < -0.3 is 10.2 Å². The van der Waals surface area contributed by atoms with Crippen molar-refractivity contribution in [2.24, 2.45) is 11.8 Å². The Hall–Kier alpha value is -1.32. The van der Waals surface area contributed by atoms with E-state index in [1.165, 1.54) is 25.7 Å². The second-order valence-electron chi connectivity index (χ2n) is 6.56. The summed E-state index contributed by atoms with van der Waals surface area (Å²) in [5.41, 5.74) is 0. The summed E-state index contributed by atoms with van der Waals surface area (Å²) in [6.07, 6.45) is 5.08. The molecule has 1 saturated heterocycles. The Morgan fingerprint density at radius 2 is 1.85 bits per heavy atom. The third-order valence-electron chi connectivity index (χ3n) is 4.73. The molecule has 2 aliphatic rings. The molecule has 1 aromatic heterocycles. The Bertz CT molecular complexity index is 460. The van der Waals surface area contributed by atoms with E-state index in [1.807, 2.05) is 7.05 Å². The summed E-state index contributed by atoms with van der Waals surface area (Å²) in [7, 11) is 1.94. The average molecular weight is 274 g/mol. The van der Waals surface area contributed by atoms with Crippen molar-refractivity contribution < 1.29 is 0 Å². The van der Waals surface area contributed by atoms with Crippen LogP contribution in [0.2, 0.25) is 0 Å². The quantitative estimate of drug-likeness (QED) is 0.915. The Labute approximate surface area is 122 Å². The number of hydrogen-bond donors (Lipinski definition) is 1. The lowest BCUT2D eigenvalue weighted by atomic mass is 9.87. The van der Waals surface area contributed by atoms with Gasteiger partial charge in [0.1, 0.15) is 17.5 Å². The summed E-state index contributed by atoms with van der Waals surface area (Å²) in [4.78, 5) is 11.9. The molecular formula is C16H26N4. The molecule has 0 atom stereocenters. The first-order valence-corrected chi connectivity index (χ1v) is 7.99. The standard InChI is InChI=1S/C16H26N4/c1-11(2)12-6-8-20(9-7-12)15-10-14(17-3)18-16(19-15)13-4-5-13/h10-13H,4-9H2,1-3H3,(H,17,18,19). The first-order chi connectivity index (χ1) is 9.67. The topological polar surface area (TPSA) is 41.0 Å². The maximum atomic E-state index is 4.81. The SMILES string of the molecule is CNc1cc(N2CCC(C(C)C)CC2)nc(C2CC2)n1. The fraction of sp³-hybridized carbons (Fsp3) is 0.750. The highest BCUT2D eigenvalue weighted by molar-refractivity contribution is 5.50. The molecular weight excluding hydrogens is 248 g/mol. The van der Waals surface area contributed by atoms with Gasteiger partial charge in [-0.2, -0.15) is 0 Å². The highest BCUT2D eigenvalue weighted by Crippen LogP contribution is 2.39. The van der Waals surface area contributed by atoms with Gasteiger partial charge in [-0.1, -0.05) is 13.8 Å². The molecule has 1 aromatic rings. The fourth-order valence-electron chi connectivity index (χ4n) is 3.06. The zero-order chi connectivity index (χ0) is 14.1. The van der Waals surface area contributed by atoms with Crippen LogP contribution in [0.4, 0.5) is 11.6 Å². The number of nitrogens with one attached hydrogen (secondary N) is 1. The third kappa shape index (κ3) is 2.89. The molecule has 1 N–H and O–H groups in total. The van der Waals surface area contributed by atoms with E-state index in [0.29, 0.717) is 5.92 Å². The minimum atomic E-state index is 0.607. The predicted octanol–water partition coefficient (Wildman–Crippen LogP) is 3.27. The molecule has 20 heavy (non-hydrogen) atoms.